The first kappa shape index (κ1) is 20.1. The van der Waals surface area contributed by atoms with E-state index in [0.29, 0.717) is 13.0 Å². The van der Waals surface area contributed by atoms with Gasteiger partial charge in [0.2, 0.25) is 21.8 Å². The van der Waals surface area contributed by atoms with Crippen LogP contribution in [0.3, 0.4) is 0 Å². The number of primary sulfonamides is 1. The van der Waals surface area contributed by atoms with Crippen molar-refractivity contribution in [2.24, 2.45) is 5.14 Å². The van der Waals surface area contributed by atoms with Crippen molar-refractivity contribution >= 4 is 21.8 Å². The Morgan fingerprint density at radius 2 is 1.71 bits per heavy atom. The van der Waals surface area contributed by atoms with Gasteiger partial charge in [0.25, 0.3) is 0 Å². The van der Waals surface area contributed by atoms with E-state index in [0.717, 1.165) is 5.56 Å². The molecule has 3 N–H and O–H groups in total. The van der Waals surface area contributed by atoms with Crippen LogP contribution >= 0.6 is 0 Å². The van der Waals surface area contributed by atoms with E-state index in [4.69, 9.17) is 5.14 Å². The molecule has 1 aromatic carbocycles. The van der Waals surface area contributed by atoms with Crippen molar-refractivity contribution in [1.82, 2.24) is 10.2 Å². The SMILES string of the molecule is CC(=O)N(CC(=O)NCCc1ccc(S(N)(=O)=O)cc1)C(C)(C)C. The molecule has 0 spiro atoms. The monoisotopic (exact) mass is 355 g/mol. The Morgan fingerprint density at radius 1 is 1.17 bits per heavy atom. The smallest absolute Gasteiger partial charge is 0.239 e. The average Bonchev–Trinajstić information content (AvgIpc) is 2.43. The molecule has 0 saturated heterocycles. The van der Waals surface area contributed by atoms with Crippen molar-refractivity contribution < 1.29 is 18.0 Å². The molecule has 0 aromatic heterocycles. The van der Waals surface area contributed by atoms with Gasteiger partial charge in [0.1, 0.15) is 6.54 Å². The molecular formula is C16H25N3O4S. The molecule has 0 saturated carbocycles. The molecule has 24 heavy (non-hydrogen) atoms. The highest BCUT2D eigenvalue weighted by Crippen LogP contribution is 2.13. The Hall–Kier alpha value is -1.93. The Labute approximate surface area is 143 Å². The summed E-state index contributed by atoms with van der Waals surface area (Å²) in [4.78, 5) is 25.2. The molecule has 0 radical (unpaired) electrons. The van der Waals surface area contributed by atoms with Crippen LogP contribution < -0.4 is 10.5 Å². The number of carbonyl (C=O) groups is 2. The Balaban J connectivity index is 2.52. The number of nitrogens with one attached hydrogen (secondary N) is 1. The zero-order chi connectivity index (χ0) is 18.5. The Morgan fingerprint density at radius 3 is 2.12 bits per heavy atom. The second-order valence-electron chi connectivity index (χ2n) is 6.56. The summed E-state index contributed by atoms with van der Waals surface area (Å²) in [7, 11) is -3.70. The van der Waals surface area contributed by atoms with Gasteiger partial charge >= 0.3 is 0 Å². The number of hydrogen-bond donors (Lipinski definition) is 2. The maximum Gasteiger partial charge on any atom is 0.239 e. The summed E-state index contributed by atoms with van der Waals surface area (Å²) >= 11 is 0. The van der Waals surface area contributed by atoms with Crippen molar-refractivity contribution in [2.75, 3.05) is 13.1 Å². The first-order valence-corrected chi connectivity index (χ1v) is 9.12. The van der Waals surface area contributed by atoms with Gasteiger partial charge in [-0.2, -0.15) is 0 Å². The third kappa shape index (κ3) is 6.29. The second-order valence-corrected chi connectivity index (χ2v) is 8.13. The van der Waals surface area contributed by atoms with E-state index in [1.165, 1.54) is 24.0 Å². The highest BCUT2D eigenvalue weighted by molar-refractivity contribution is 7.89. The minimum atomic E-state index is -3.70. The van der Waals surface area contributed by atoms with Gasteiger partial charge in [-0.25, -0.2) is 13.6 Å². The molecule has 0 aliphatic carbocycles. The van der Waals surface area contributed by atoms with Crippen LogP contribution in [0.5, 0.6) is 0 Å². The maximum atomic E-state index is 12.0. The predicted octanol–water partition coefficient (Wildman–Crippen LogP) is 0.640. The number of hydrogen-bond acceptors (Lipinski definition) is 4. The lowest BCUT2D eigenvalue weighted by Crippen LogP contribution is -2.49. The number of carbonyl (C=O) groups excluding carboxylic acids is 2. The van der Waals surface area contributed by atoms with E-state index in [1.807, 2.05) is 20.8 Å². The first-order chi connectivity index (χ1) is 10.9. The van der Waals surface area contributed by atoms with Crippen LogP contribution in [-0.2, 0) is 26.0 Å². The van der Waals surface area contributed by atoms with Gasteiger partial charge in [-0.1, -0.05) is 12.1 Å². The highest BCUT2D eigenvalue weighted by atomic mass is 32.2. The molecule has 0 bridgehead atoms. The number of rotatable bonds is 6. The number of nitrogens with two attached hydrogens (primary N) is 1. The molecule has 8 heteroatoms. The lowest BCUT2D eigenvalue weighted by molar-refractivity contribution is -0.138. The normalized spacial score (nSPS) is 11.9. The van der Waals surface area contributed by atoms with Gasteiger partial charge < -0.3 is 10.2 Å². The number of amides is 2. The lowest BCUT2D eigenvalue weighted by Gasteiger charge is -2.34. The minimum absolute atomic E-state index is 0.00316. The van der Waals surface area contributed by atoms with E-state index < -0.39 is 15.6 Å². The number of sulfonamides is 1. The van der Waals surface area contributed by atoms with Crippen LogP contribution in [-0.4, -0.2) is 43.8 Å². The van der Waals surface area contributed by atoms with E-state index in [-0.39, 0.29) is 23.3 Å². The van der Waals surface area contributed by atoms with Gasteiger partial charge in [-0.05, 0) is 44.9 Å². The Kier molecular flexibility index (Phi) is 6.50. The van der Waals surface area contributed by atoms with Crippen LogP contribution in [0.15, 0.2) is 29.2 Å². The van der Waals surface area contributed by atoms with E-state index in [1.54, 1.807) is 12.1 Å². The topological polar surface area (TPSA) is 110 Å². The molecule has 1 aromatic rings. The zero-order valence-electron chi connectivity index (χ0n) is 14.5. The molecule has 134 valence electrons. The molecule has 0 aliphatic heterocycles. The van der Waals surface area contributed by atoms with E-state index in [9.17, 15) is 18.0 Å². The Bertz CT molecular complexity index is 691. The number of benzene rings is 1. The van der Waals surface area contributed by atoms with Crippen LogP contribution in [0.25, 0.3) is 0 Å². The minimum Gasteiger partial charge on any atom is -0.354 e. The van der Waals surface area contributed by atoms with E-state index in [2.05, 4.69) is 5.32 Å². The van der Waals surface area contributed by atoms with Gasteiger partial charge in [-0.3, -0.25) is 9.59 Å². The molecule has 0 unspecified atom stereocenters. The summed E-state index contributed by atoms with van der Waals surface area (Å²) in [6.45, 7) is 7.44. The second kappa shape index (κ2) is 7.76. The van der Waals surface area contributed by atoms with Crippen LogP contribution in [0.1, 0.15) is 33.3 Å². The fourth-order valence-electron chi connectivity index (χ4n) is 2.21. The van der Waals surface area contributed by atoms with Crippen molar-refractivity contribution in [1.29, 1.82) is 0 Å². The third-order valence-electron chi connectivity index (χ3n) is 3.48. The zero-order valence-corrected chi connectivity index (χ0v) is 15.3. The molecule has 0 aliphatic rings. The predicted molar refractivity (Wildman–Crippen MR) is 91.7 cm³/mol. The van der Waals surface area contributed by atoms with Gasteiger partial charge in [0.05, 0.1) is 4.90 Å². The molecular weight excluding hydrogens is 330 g/mol. The third-order valence-corrected chi connectivity index (χ3v) is 4.41. The summed E-state index contributed by atoms with van der Waals surface area (Å²) in [6.07, 6.45) is 0.548. The summed E-state index contributed by atoms with van der Waals surface area (Å²) in [5.74, 6) is -0.391. The summed E-state index contributed by atoms with van der Waals surface area (Å²) in [5.41, 5.74) is 0.453. The van der Waals surface area contributed by atoms with Gasteiger partial charge in [-0.15, -0.1) is 0 Å². The average molecular weight is 355 g/mol. The van der Waals surface area contributed by atoms with Gasteiger partial charge in [0.15, 0.2) is 0 Å². The molecule has 2 amide bonds. The summed E-state index contributed by atoms with van der Waals surface area (Å²) in [5, 5.41) is 7.79. The molecule has 0 atom stereocenters. The van der Waals surface area contributed by atoms with Crippen LogP contribution in [0.2, 0.25) is 0 Å². The highest BCUT2D eigenvalue weighted by Gasteiger charge is 2.25. The fraction of sp³-hybridized carbons (Fsp3) is 0.500. The largest absolute Gasteiger partial charge is 0.354 e. The van der Waals surface area contributed by atoms with Crippen molar-refractivity contribution in [3.05, 3.63) is 29.8 Å². The fourth-order valence-corrected chi connectivity index (χ4v) is 2.73. The van der Waals surface area contributed by atoms with Crippen molar-refractivity contribution in [3.8, 4) is 0 Å². The van der Waals surface area contributed by atoms with Crippen LogP contribution in [0.4, 0.5) is 0 Å². The number of nitrogens with zero attached hydrogens (tertiary/aromatic N) is 1. The quantitative estimate of drug-likeness (QED) is 0.780. The van der Waals surface area contributed by atoms with Crippen molar-refractivity contribution in [3.63, 3.8) is 0 Å². The lowest BCUT2D eigenvalue weighted by atomic mass is 10.1. The van der Waals surface area contributed by atoms with Crippen molar-refractivity contribution in [2.45, 2.75) is 44.6 Å². The molecule has 1 rings (SSSR count). The molecule has 0 heterocycles. The summed E-state index contributed by atoms with van der Waals surface area (Å²) in [6, 6.07) is 6.18. The van der Waals surface area contributed by atoms with Gasteiger partial charge in [0, 0.05) is 19.0 Å². The maximum absolute atomic E-state index is 12.0. The standard InChI is InChI=1S/C16H25N3O4S/c1-12(20)19(16(2,3)4)11-15(21)18-10-9-13-5-7-14(8-6-13)24(17,22)23/h5-8H,9-11H2,1-4H3,(H,18,21)(H2,17,22,23). The van der Waals surface area contributed by atoms with E-state index >= 15 is 0 Å². The first-order valence-electron chi connectivity index (χ1n) is 7.58. The summed E-state index contributed by atoms with van der Waals surface area (Å²) < 4.78 is 22.3. The molecule has 7 nitrogen and oxygen atoms in total. The van der Waals surface area contributed by atoms with Crippen LogP contribution in [0, 0.1) is 0 Å². The molecule has 0 fully saturated rings.